The first-order valence-electron chi connectivity index (χ1n) is 13.7. The summed E-state index contributed by atoms with van der Waals surface area (Å²) in [6.45, 7) is 14.1. The summed E-state index contributed by atoms with van der Waals surface area (Å²) in [6.07, 6.45) is -0.212. The second-order valence-corrected chi connectivity index (χ2v) is 12.9. The van der Waals surface area contributed by atoms with Crippen molar-refractivity contribution in [3.05, 3.63) is 35.9 Å². The highest BCUT2D eigenvalue weighted by atomic mass is 16.2. The van der Waals surface area contributed by atoms with Gasteiger partial charge in [0.2, 0.25) is 29.4 Å². The number of carbonyl (C=O) groups is 6. The van der Waals surface area contributed by atoms with Crippen molar-refractivity contribution in [3.63, 3.8) is 0 Å². The van der Waals surface area contributed by atoms with Crippen LogP contribution in [0.4, 0.5) is 0 Å². The number of benzene rings is 1. The van der Waals surface area contributed by atoms with Crippen LogP contribution in [-0.4, -0.2) is 72.4 Å². The van der Waals surface area contributed by atoms with E-state index in [-0.39, 0.29) is 17.7 Å². The minimum Gasteiger partial charge on any atom is -0.349 e. The summed E-state index contributed by atoms with van der Waals surface area (Å²) in [6, 6.07) is 5.04. The molecule has 0 saturated carbocycles. The van der Waals surface area contributed by atoms with Gasteiger partial charge in [-0.25, -0.2) is 0 Å². The van der Waals surface area contributed by atoms with E-state index in [1.54, 1.807) is 27.7 Å². The Hall–Kier alpha value is -3.76. The lowest BCUT2D eigenvalue weighted by Gasteiger charge is -2.33. The summed E-state index contributed by atoms with van der Waals surface area (Å²) in [5.74, 6) is -4.00. The Morgan fingerprint density at radius 3 is 1.83 bits per heavy atom. The average Bonchev–Trinajstić information content (AvgIpc) is 2.84. The predicted octanol–water partition coefficient (Wildman–Crippen LogP) is 1.87. The van der Waals surface area contributed by atoms with Gasteiger partial charge in [-0.1, -0.05) is 71.9 Å². The number of carbonyl (C=O) groups excluding carboxylic acids is 6. The molecule has 0 fully saturated rings. The van der Waals surface area contributed by atoms with Crippen LogP contribution in [0.1, 0.15) is 79.8 Å². The maximum absolute atomic E-state index is 13.4. The molecule has 11 nitrogen and oxygen atoms in total. The molecule has 5 amide bonds. The molecule has 0 heterocycles. The molecule has 0 aromatic heterocycles. The third kappa shape index (κ3) is 12.1. The van der Waals surface area contributed by atoms with E-state index in [0.717, 1.165) is 5.56 Å². The molecular weight excluding hydrogens is 526 g/mol. The molecular formula is C30H47N5O6. The Balaban J connectivity index is 3.05. The van der Waals surface area contributed by atoms with Gasteiger partial charge < -0.3 is 26.2 Å². The van der Waals surface area contributed by atoms with Crippen LogP contribution in [0, 0.1) is 10.8 Å². The Bertz CT molecular complexity index is 1100. The van der Waals surface area contributed by atoms with Crippen molar-refractivity contribution in [1.29, 1.82) is 0 Å². The molecule has 0 spiro atoms. The Kier molecular flexibility index (Phi) is 12.7. The molecule has 1 unspecified atom stereocenters. The van der Waals surface area contributed by atoms with Gasteiger partial charge >= 0.3 is 0 Å². The monoisotopic (exact) mass is 573 g/mol. The van der Waals surface area contributed by atoms with E-state index in [1.807, 2.05) is 51.1 Å². The third-order valence-electron chi connectivity index (χ3n) is 6.26. The molecule has 4 N–H and O–H groups in total. The predicted molar refractivity (Wildman–Crippen MR) is 156 cm³/mol. The largest absolute Gasteiger partial charge is 0.349 e. The van der Waals surface area contributed by atoms with Crippen molar-refractivity contribution >= 4 is 35.3 Å². The van der Waals surface area contributed by atoms with Crippen molar-refractivity contribution in [2.24, 2.45) is 10.8 Å². The lowest BCUT2D eigenvalue weighted by Crippen LogP contribution is -2.59. The van der Waals surface area contributed by atoms with Crippen LogP contribution in [0.2, 0.25) is 0 Å². The maximum Gasteiger partial charge on any atom is 0.290 e. The van der Waals surface area contributed by atoms with Gasteiger partial charge in [0, 0.05) is 20.5 Å². The van der Waals surface area contributed by atoms with Gasteiger partial charge in [-0.05, 0) is 30.2 Å². The number of hydrogen-bond donors (Lipinski definition) is 4. The molecule has 11 heteroatoms. The lowest BCUT2D eigenvalue weighted by molar-refractivity contribution is -0.141. The molecule has 4 atom stereocenters. The molecule has 41 heavy (non-hydrogen) atoms. The zero-order chi connectivity index (χ0) is 31.7. The summed E-state index contributed by atoms with van der Waals surface area (Å²) < 4.78 is 0. The fraction of sp³-hybridized carbons (Fsp3) is 0.600. The Morgan fingerprint density at radius 1 is 0.780 bits per heavy atom. The van der Waals surface area contributed by atoms with Crippen LogP contribution in [0.25, 0.3) is 0 Å². The molecule has 0 aliphatic rings. The third-order valence-corrected chi connectivity index (χ3v) is 6.26. The lowest BCUT2D eigenvalue weighted by atomic mass is 9.85. The normalized spacial score (nSPS) is 14.5. The zero-order valence-electron chi connectivity index (χ0n) is 26.0. The van der Waals surface area contributed by atoms with Gasteiger partial charge in [-0.3, -0.25) is 28.8 Å². The number of nitrogens with zero attached hydrogens (tertiary/aromatic N) is 1. The van der Waals surface area contributed by atoms with Crippen LogP contribution in [-0.2, 0) is 28.8 Å². The first-order valence-corrected chi connectivity index (χ1v) is 13.7. The van der Waals surface area contributed by atoms with E-state index in [0.29, 0.717) is 0 Å². The molecule has 0 aliphatic heterocycles. The van der Waals surface area contributed by atoms with Crippen molar-refractivity contribution in [3.8, 4) is 0 Å². The number of amides is 5. The van der Waals surface area contributed by atoms with Gasteiger partial charge in [0.05, 0.1) is 18.5 Å². The highest BCUT2D eigenvalue weighted by Crippen LogP contribution is 2.22. The number of ketones is 1. The van der Waals surface area contributed by atoms with Gasteiger partial charge in [0.25, 0.3) is 5.91 Å². The van der Waals surface area contributed by atoms with Crippen molar-refractivity contribution in [2.75, 3.05) is 14.1 Å². The second-order valence-electron chi connectivity index (χ2n) is 12.9. The molecule has 0 aliphatic carbocycles. The van der Waals surface area contributed by atoms with E-state index in [1.165, 1.54) is 25.9 Å². The van der Waals surface area contributed by atoms with E-state index < -0.39 is 65.4 Å². The standard InChI is InChI=1S/C30H47N5O6/c1-18(20-14-12-11-13-15-20)31-27(40)24(38)19(2)32-26(39)21(16-23(37)35(9)10)33-28(41)25(30(6,7)8)34-22(36)17-29(3,4)5/h11-15,18-19,21,25H,16-17H2,1-10H3,(H,31,40)(H,32,39)(H,33,41)(H,34,36)/t18-,19?,21-,25+/m0/s1. The van der Waals surface area contributed by atoms with Crippen molar-refractivity contribution in [1.82, 2.24) is 26.2 Å². The van der Waals surface area contributed by atoms with Gasteiger partial charge in [-0.15, -0.1) is 0 Å². The Morgan fingerprint density at radius 2 is 1.34 bits per heavy atom. The summed E-state index contributed by atoms with van der Waals surface area (Å²) in [4.78, 5) is 78.4. The van der Waals surface area contributed by atoms with Gasteiger partial charge in [0.1, 0.15) is 12.1 Å². The Labute approximate surface area is 243 Å². The summed E-state index contributed by atoms with van der Waals surface area (Å²) in [5, 5.41) is 10.4. The fourth-order valence-corrected chi connectivity index (χ4v) is 3.86. The SMILES string of the molecule is CC(NC(=O)[C@H](CC(=O)N(C)C)NC(=O)[C@@H](NC(=O)CC(C)(C)C)C(C)(C)C)C(=O)C(=O)N[C@@H](C)c1ccccc1. The summed E-state index contributed by atoms with van der Waals surface area (Å²) in [5.41, 5.74) is -0.225. The number of Topliss-reactive ketones (excluding diaryl/α,β-unsaturated/α-hetero) is 1. The number of hydrogen-bond acceptors (Lipinski definition) is 6. The number of rotatable bonds is 12. The summed E-state index contributed by atoms with van der Waals surface area (Å²) in [7, 11) is 3.02. The van der Waals surface area contributed by atoms with E-state index >= 15 is 0 Å². The van der Waals surface area contributed by atoms with E-state index in [2.05, 4.69) is 21.3 Å². The van der Waals surface area contributed by atoms with E-state index in [4.69, 9.17) is 0 Å². The highest BCUT2D eigenvalue weighted by molar-refractivity contribution is 6.38. The minimum absolute atomic E-state index is 0.181. The first-order chi connectivity index (χ1) is 18.7. The zero-order valence-corrected chi connectivity index (χ0v) is 26.0. The fourth-order valence-electron chi connectivity index (χ4n) is 3.86. The van der Waals surface area contributed by atoms with Gasteiger partial charge in [0.15, 0.2) is 0 Å². The van der Waals surface area contributed by atoms with Crippen molar-refractivity contribution < 1.29 is 28.8 Å². The van der Waals surface area contributed by atoms with Crippen LogP contribution in [0.3, 0.4) is 0 Å². The van der Waals surface area contributed by atoms with Crippen LogP contribution in [0.15, 0.2) is 30.3 Å². The number of nitrogens with one attached hydrogen (secondary N) is 4. The second kappa shape index (κ2) is 14.7. The molecule has 0 saturated heterocycles. The molecule has 1 aromatic carbocycles. The first kappa shape index (κ1) is 35.3. The molecule has 228 valence electrons. The minimum atomic E-state index is -1.36. The summed E-state index contributed by atoms with van der Waals surface area (Å²) >= 11 is 0. The molecule has 1 rings (SSSR count). The van der Waals surface area contributed by atoms with Crippen LogP contribution in [0.5, 0.6) is 0 Å². The van der Waals surface area contributed by atoms with Gasteiger partial charge in [-0.2, -0.15) is 0 Å². The molecule has 0 bridgehead atoms. The molecule has 1 aromatic rings. The quantitative estimate of drug-likeness (QED) is 0.280. The van der Waals surface area contributed by atoms with Crippen LogP contribution < -0.4 is 21.3 Å². The smallest absolute Gasteiger partial charge is 0.290 e. The van der Waals surface area contributed by atoms with Crippen molar-refractivity contribution in [2.45, 2.75) is 92.4 Å². The maximum atomic E-state index is 13.4. The van der Waals surface area contributed by atoms with Crippen LogP contribution >= 0.6 is 0 Å². The average molecular weight is 574 g/mol. The highest BCUT2D eigenvalue weighted by Gasteiger charge is 2.37. The van der Waals surface area contributed by atoms with E-state index in [9.17, 15) is 28.8 Å². The topological polar surface area (TPSA) is 154 Å². The molecule has 0 radical (unpaired) electrons.